The molecule has 1 aliphatic heterocycles. The van der Waals surface area contributed by atoms with Gasteiger partial charge in [0.05, 0.1) is 17.8 Å². The number of carbonyl (C=O) groups is 1. The first-order chi connectivity index (χ1) is 15.5. The summed E-state index contributed by atoms with van der Waals surface area (Å²) in [4.78, 5) is 15.7. The Morgan fingerprint density at radius 2 is 2.00 bits per heavy atom. The van der Waals surface area contributed by atoms with E-state index in [1.54, 1.807) is 18.3 Å². The van der Waals surface area contributed by atoms with E-state index in [1.165, 1.54) is 0 Å². The van der Waals surface area contributed by atoms with Crippen LogP contribution in [0.4, 0.5) is 11.5 Å². The normalized spacial score (nSPS) is 16.7. The maximum atomic E-state index is 11.4. The van der Waals surface area contributed by atoms with E-state index in [-0.39, 0.29) is 5.56 Å². The van der Waals surface area contributed by atoms with Crippen molar-refractivity contribution >= 4 is 17.5 Å². The Labute approximate surface area is 186 Å². The number of ether oxygens (including phenoxy) is 2. The fraction of sp³-hybridized carbons (Fsp3) is 0.375. The Morgan fingerprint density at radius 1 is 1.19 bits per heavy atom. The molecule has 2 fully saturated rings. The fourth-order valence-corrected chi connectivity index (χ4v) is 4.04. The molecule has 8 nitrogen and oxygen atoms in total. The van der Waals surface area contributed by atoms with Crippen molar-refractivity contribution < 1.29 is 19.4 Å². The average Bonchev–Trinajstić information content (AvgIpc) is 3.55. The molecule has 0 unspecified atom stereocenters. The summed E-state index contributed by atoms with van der Waals surface area (Å²) in [5, 5.41) is 17.4. The van der Waals surface area contributed by atoms with Gasteiger partial charge >= 0.3 is 5.97 Å². The molecule has 0 spiro atoms. The standard InChI is InChI=1S/C24H26N4O4/c1-15-10-17(24(29)30)12-18(11-15)26-22-13-20(4-7-25-22)32-21-14-28(19-2-3-19)27-23(21)16-5-8-31-9-6-16/h4,7,10-14,16,19H,2-3,5-6,8-9H2,1H3,(H,25,26)(H,29,30). The van der Waals surface area contributed by atoms with Crippen molar-refractivity contribution in [3.63, 3.8) is 0 Å². The number of rotatable bonds is 7. The molecule has 2 aromatic heterocycles. The minimum atomic E-state index is -0.963. The van der Waals surface area contributed by atoms with Gasteiger partial charge in [-0.25, -0.2) is 9.78 Å². The molecule has 0 atom stereocenters. The molecule has 5 rings (SSSR count). The number of hydrogen-bond donors (Lipinski definition) is 2. The summed E-state index contributed by atoms with van der Waals surface area (Å²) in [6.07, 6.45) is 7.89. The molecule has 2 aliphatic rings. The Kier molecular flexibility index (Phi) is 5.53. The van der Waals surface area contributed by atoms with Crippen LogP contribution in [0.1, 0.15) is 59.3 Å². The first-order valence-electron chi connectivity index (χ1n) is 11.0. The molecule has 0 bridgehead atoms. The number of hydrogen-bond acceptors (Lipinski definition) is 6. The molecule has 0 amide bonds. The molecule has 166 valence electrons. The van der Waals surface area contributed by atoms with Crippen LogP contribution in [0.5, 0.6) is 11.5 Å². The Balaban J connectivity index is 1.38. The number of benzene rings is 1. The fourth-order valence-electron chi connectivity index (χ4n) is 4.04. The summed E-state index contributed by atoms with van der Waals surface area (Å²) in [6, 6.07) is 9.20. The van der Waals surface area contributed by atoms with Crippen LogP contribution in [-0.4, -0.2) is 39.1 Å². The third kappa shape index (κ3) is 4.60. The van der Waals surface area contributed by atoms with Crippen LogP contribution < -0.4 is 10.1 Å². The maximum absolute atomic E-state index is 11.4. The van der Waals surface area contributed by atoms with Gasteiger partial charge in [0.2, 0.25) is 0 Å². The van der Waals surface area contributed by atoms with E-state index in [0.717, 1.165) is 55.9 Å². The lowest BCUT2D eigenvalue weighted by atomic mass is 9.96. The monoisotopic (exact) mass is 434 g/mol. The largest absolute Gasteiger partial charge is 0.478 e. The summed E-state index contributed by atoms with van der Waals surface area (Å²) < 4.78 is 13.9. The number of pyridine rings is 1. The van der Waals surface area contributed by atoms with Crippen LogP contribution in [0.3, 0.4) is 0 Å². The van der Waals surface area contributed by atoms with Gasteiger partial charge in [-0.1, -0.05) is 0 Å². The van der Waals surface area contributed by atoms with Gasteiger partial charge in [0.1, 0.15) is 17.3 Å². The lowest BCUT2D eigenvalue weighted by Crippen LogP contribution is -2.15. The van der Waals surface area contributed by atoms with Gasteiger partial charge in [-0.3, -0.25) is 4.68 Å². The Bertz CT molecular complexity index is 1130. The third-order valence-corrected chi connectivity index (χ3v) is 5.81. The van der Waals surface area contributed by atoms with Crippen molar-refractivity contribution in [3.05, 3.63) is 59.5 Å². The molecule has 1 saturated heterocycles. The predicted molar refractivity (Wildman–Crippen MR) is 119 cm³/mol. The van der Waals surface area contributed by atoms with Gasteiger partial charge < -0.3 is 19.9 Å². The van der Waals surface area contributed by atoms with Crippen molar-refractivity contribution in [2.45, 2.75) is 44.6 Å². The van der Waals surface area contributed by atoms with E-state index in [2.05, 4.69) is 10.3 Å². The van der Waals surface area contributed by atoms with Gasteiger partial charge in [-0.05, 0) is 62.4 Å². The van der Waals surface area contributed by atoms with Crippen LogP contribution in [0, 0.1) is 6.92 Å². The van der Waals surface area contributed by atoms with E-state index < -0.39 is 5.97 Å². The first kappa shape index (κ1) is 20.5. The van der Waals surface area contributed by atoms with Gasteiger partial charge in [-0.2, -0.15) is 5.10 Å². The Morgan fingerprint density at radius 3 is 2.75 bits per heavy atom. The summed E-state index contributed by atoms with van der Waals surface area (Å²) in [7, 11) is 0. The van der Waals surface area contributed by atoms with Crippen molar-refractivity contribution in [3.8, 4) is 11.5 Å². The van der Waals surface area contributed by atoms with E-state index in [0.29, 0.717) is 29.2 Å². The van der Waals surface area contributed by atoms with Crippen LogP contribution >= 0.6 is 0 Å². The van der Waals surface area contributed by atoms with E-state index in [1.807, 2.05) is 36.0 Å². The van der Waals surface area contributed by atoms with Gasteiger partial charge in [0.15, 0.2) is 5.75 Å². The molecule has 1 aliphatic carbocycles. The topological polar surface area (TPSA) is 98.5 Å². The van der Waals surface area contributed by atoms with Crippen molar-refractivity contribution in [2.75, 3.05) is 18.5 Å². The second-order valence-corrected chi connectivity index (χ2v) is 8.47. The van der Waals surface area contributed by atoms with Crippen molar-refractivity contribution in [1.82, 2.24) is 14.8 Å². The highest BCUT2D eigenvalue weighted by atomic mass is 16.5. The van der Waals surface area contributed by atoms with E-state index in [4.69, 9.17) is 14.6 Å². The Hall–Kier alpha value is -3.39. The predicted octanol–water partition coefficient (Wildman–Crippen LogP) is 5.05. The number of carboxylic acids is 1. The molecule has 1 saturated carbocycles. The zero-order valence-electron chi connectivity index (χ0n) is 18.0. The van der Waals surface area contributed by atoms with Gasteiger partial charge in [0, 0.05) is 37.1 Å². The SMILES string of the molecule is Cc1cc(Nc2cc(Oc3cn(C4CC4)nc3C3CCOCC3)ccn2)cc(C(=O)O)c1. The number of nitrogens with one attached hydrogen (secondary N) is 1. The number of aromatic nitrogens is 3. The van der Waals surface area contributed by atoms with Crippen LogP contribution in [0.15, 0.2) is 42.7 Å². The molecule has 2 N–H and O–H groups in total. The quantitative estimate of drug-likeness (QED) is 0.537. The molecular weight excluding hydrogens is 408 g/mol. The van der Waals surface area contributed by atoms with E-state index in [9.17, 15) is 9.90 Å². The highest BCUT2D eigenvalue weighted by molar-refractivity contribution is 5.89. The molecule has 1 aromatic carbocycles. The van der Waals surface area contributed by atoms with Crippen LogP contribution in [0.2, 0.25) is 0 Å². The van der Waals surface area contributed by atoms with Gasteiger partial charge in [-0.15, -0.1) is 0 Å². The average molecular weight is 434 g/mol. The van der Waals surface area contributed by atoms with Crippen LogP contribution in [0.25, 0.3) is 0 Å². The zero-order valence-corrected chi connectivity index (χ0v) is 18.0. The number of nitrogens with zero attached hydrogens (tertiary/aromatic N) is 3. The van der Waals surface area contributed by atoms with Gasteiger partial charge in [0.25, 0.3) is 0 Å². The second kappa shape index (κ2) is 8.63. The minimum Gasteiger partial charge on any atom is -0.478 e. The lowest BCUT2D eigenvalue weighted by Gasteiger charge is -2.21. The summed E-state index contributed by atoms with van der Waals surface area (Å²) in [5.74, 6) is 1.38. The van der Waals surface area contributed by atoms with E-state index >= 15 is 0 Å². The number of anilines is 2. The molecule has 3 heterocycles. The zero-order chi connectivity index (χ0) is 22.1. The summed E-state index contributed by atoms with van der Waals surface area (Å²) >= 11 is 0. The third-order valence-electron chi connectivity index (χ3n) is 5.81. The highest BCUT2D eigenvalue weighted by Gasteiger charge is 2.29. The highest BCUT2D eigenvalue weighted by Crippen LogP contribution is 2.40. The second-order valence-electron chi connectivity index (χ2n) is 8.47. The minimum absolute atomic E-state index is 0.230. The van der Waals surface area contributed by atoms with Crippen molar-refractivity contribution in [1.29, 1.82) is 0 Å². The lowest BCUT2D eigenvalue weighted by molar-refractivity contribution is 0.0696. The summed E-state index contributed by atoms with van der Waals surface area (Å²) in [5.41, 5.74) is 2.75. The maximum Gasteiger partial charge on any atom is 0.335 e. The molecule has 0 radical (unpaired) electrons. The molecular formula is C24H26N4O4. The molecule has 8 heteroatoms. The smallest absolute Gasteiger partial charge is 0.335 e. The summed E-state index contributed by atoms with van der Waals surface area (Å²) in [6.45, 7) is 3.36. The number of aromatic carboxylic acids is 1. The number of aryl methyl sites for hydroxylation is 1. The molecule has 3 aromatic rings. The first-order valence-corrected chi connectivity index (χ1v) is 11.0. The van der Waals surface area contributed by atoms with Crippen LogP contribution in [-0.2, 0) is 4.74 Å². The molecule has 32 heavy (non-hydrogen) atoms. The number of carboxylic acid groups (broad SMARTS) is 1. The van der Waals surface area contributed by atoms with Crippen molar-refractivity contribution in [2.24, 2.45) is 0 Å².